The normalized spacial score (nSPS) is 6.44. The minimum atomic E-state index is -1.08. The minimum Gasteiger partial charge on any atom is -0.465 e. The molecule has 0 rings (SSSR count). The summed E-state index contributed by atoms with van der Waals surface area (Å²) in [5, 5.41) is 9.62. The van der Waals surface area contributed by atoms with Crippen LogP contribution in [0.1, 0.15) is 20.3 Å². The maximum atomic E-state index is 9.42. The lowest BCUT2D eigenvalue weighted by Gasteiger charge is -1.81. The molecule has 0 saturated heterocycles. The maximum absolute atomic E-state index is 9.42. The van der Waals surface area contributed by atoms with Crippen LogP contribution in [0.2, 0.25) is 0 Å². The number of amides is 1. The number of carbonyl (C=O) groups is 1. The van der Waals surface area contributed by atoms with Crippen LogP contribution in [0.25, 0.3) is 0 Å². The lowest BCUT2D eigenvalue weighted by Crippen LogP contribution is -2.11. The smallest absolute Gasteiger partial charge is 0.408 e. The summed E-state index contributed by atoms with van der Waals surface area (Å²) in [6.45, 7) is 7.36. The van der Waals surface area contributed by atoms with Crippen LogP contribution in [0.4, 0.5) is 4.79 Å². The third-order valence-electron chi connectivity index (χ3n) is 0.226. The average Bonchev–Trinajstić information content (AvgIpc) is 1.67. The molecule has 0 fully saturated rings. The van der Waals surface area contributed by atoms with Gasteiger partial charge in [-0.1, -0.05) is 26.8 Å². The standard InChI is InChI=1S/C3H5NO2.C3H8/c1-2-4-3(5)6;1-3-2/h2,4H,1H2,(H,5,6);3H2,1-2H3. The van der Waals surface area contributed by atoms with Crippen LogP contribution in [0.3, 0.4) is 0 Å². The quantitative estimate of drug-likeness (QED) is 0.570. The van der Waals surface area contributed by atoms with Gasteiger partial charge in [0.1, 0.15) is 0 Å². The summed E-state index contributed by atoms with van der Waals surface area (Å²) in [5.41, 5.74) is 0. The molecule has 0 aliphatic carbocycles. The van der Waals surface area contributed by atoms with Crippen molar-refractivity contribution in [3.63, 3.8) is 0 Å². The molecule has 0 aliphatic rings. The first kappa shape index (κ1) is 10.9. The predicted octanol–water partition coefficient (Wildman–Crippen LogP) is 1.81. The van der Waals surface area contributed by atoms with Gasteiger partial charge in [-0.15, -0.1) is 0 Å². The summed E-state index contributed by atoms with van der Waals surface area (Å²) >= 11 is 0. The summed E-state index contributed by atoms with van der Waals surface area (Å²) in [5.74, 6) is 0. The van der Waals surface area contributed by atoms with Crippen LogP contribution in [0.5, 0.6) is 0 Å². The lowest BCUT2D eigenvalue weighted by atomic mass is 10.6. The van der Waals surface area contributed by atoms with Crippen molar-refractivity contribution in [3.05, 3.63) is 12.8 Å². The summed E-state index contributed by atoms with van der Waals surface area (Å²) < 4.78 is 0. The van der Waals surface area contributed by atoms with Gasteiger partial charge in [0.2, 0.25) is 0 Å². The molecule has 0 aromatic heterocycles. The molecule has 0 saturated carbocycles. The van der Waals surface area contributed by atoms with Crippen molar-refractivity contribution in [3.8, 4) is 0 Å². The molecule has 1 amide bonds. The number of rotatable bonds is 1. The molecule has 0 unspecified atom stereocenters. The second-order valence-electron chi connectivity index (χ2n) is 1.36. The van der Waals surface area contributed by atoms with E-state index in [4.69, 9.17) is 5.11 Å². The fourth-order valence-corrected chi connectivity index (χ4v) is 0.0873. The van der Waals surface area contributed by atoms with E-state index in [1.165, 1.54) is 6.42 Å². The SMILES string of the molecule is C=CNC(=O)O.CCC. The second kappa shape index (κ2) is 10.1. The van der Waals surface area contributed by atoms with E-state index in [1.54, 1.807) is 0 Å². The Hall–Kier alpha value is -0.990. The van der Waals surface area contributed by atoms with Gasteiger partial charge in [-0.25, -0.2) is 4.79 Å². The van der Waals surface area contributed by atoms with Crippen molar-refractivity contribution in [2.75, 3.05) is 0 Å². The van der Waals surface area contributed by atoms with Crippen molar-refractivity contribution < 1.29 is 9.90 Å². The molecule has 0 aliphatic heterocycles. The summed E-state index contributed by atoms with van der Waals surface area (Å²) in [6.07, 6.45) is 1.27. The molecule has 54 valence electrons. The van der Waals surface area contributed by atoms with Crippen LogP contribution < -0.4 is 5.32 Å². The van der Waals surface area contributed by atoms with Gasteiger partial charge in [-0.3, -0.25) is 5.32 Å². The van der Waals surface area contributed by atoms with Crippen LogP contribution in [-0.4, -0.2) is 11.2 Å². The number of nitrogens with one attached hydrogen (secondary N) is 1. The van der Waals surface area contributed by atoms with Crippen molar-refractivity contribution in [2.45, 2.75) is 20.3 Å². The van der Waals surface area contributed by atoms with Gasteiger partial charge in [0.15, 0.2) is 0 Å². The van der Waals surface area contributed by atoms with Gasteiger partial charge in [-0.05, 0) is 6.20 Å². The largest absolute Gasteiger partial charge is 0.465 e. The van der Waals surface area contributed by atoms with E-state index in [0.717, 1.165) is 6.20 Å². The van der Waals surface area contributed by atoms with Gasteiger partial charge < -0.3 is 5.11 Å². The monoisotopic (exact) mass is 131 g/mol. The first-order valence-corrected chi connectivity index (χ1v) is 2.79. The molecule has 2 N–H and O–H groups in total. The molecule has 3 nitrogen and oxygen atoms in total. The predicted molar refractivity (Wildman–Crippen MR) is 37.3 cm³/mol. The molecule has 0 atom stereocenters. The third-order valence-corrected chi connectivity index (χ3v) is 0.226. The average molecular weight is 131 g/mol. The Kier molecular flexibility index (Phi) is 12.2. The molecule has 0 bridgehead atoms. The Morgan fingerprint density at radius 1 is 1.78 bits per heavy atom. The van der Waals surface area contributed by atoms with Crippen LogP contribution in [-0.2, 0) is 0 Å². The van der Waals surface area contributed by atoms with Crippen molar-refractivity contribution >= 4 is 6.09 Å². The second-order valence-corrected chi connectivity index (χ2v) is 1.36. The summed E-state index contributed by atoms with van der Waals surface area (Å²) in [6, 6.07) is 0. The van der Waals surface area contributed by atoms with Crippen LogP contribution in [0.15, 0.2) is 12.8 Å². The van der Waals surface area contributed by atoms with E-state index >= 15 is 0 Å². The van der Waals surface area contributed by atoms with E-state index in [2.05, 4.69) is 20.4 Å². The van der Waals surface area contributed by atoms with Gasteiger partial charge in [0.25, 0.3) is 0 Å². The lowest BCUT2D eigenvalue weighted by molar-refractivity contribution is 0.198. The Labute approximate surface area is 55.4 Å². The zero-order chi connectivity index (χ0) is 7.70. The van der Waals surface area contributed by atoms with E-state index in [0.29, 0.717) is 0 Å². The molecule has 0 radical (unpaired) electrons. The van der Waals surface area contributed by atoms with Gasteiger partial charge in [0.05, 0.1) is 0 Å². The molecule has 0 spiro atoms. The van der Waals surface area contributed by atoms with E-state index < -0.39 is 6.09 Å². The van der Waals surface area contributed by atoms with Crippen molar-refractivity contribution in [1.82, 2.24) is 5.32 Å². The maximum Gasteiger partial charge on any atom is 0.408 e. The van der Waals surface area contributed by atoms with Crippen molar-refractivity contribution in [2.24, 2.45) is 0 Å². The fourth-order valence-electron chi connectivity index (χ4n) is 0.0873. The molecule has 9 heavy (non-hydrogen) atoms. The molecule has 0 aromatic rings. The molecular formula is C6H13NO2. The highest BCUT2D eigenvalue weighted by molar-refractivity contribution is 5.65. The number of carboxylic acid groups (broad SMARTS) is 1. The zero-order valence-electron chi connectivity index (χ0n) is 5.85. The Morgan fingerprint density at radius 3 is 2.11 bits per heavy atom. The molecular weight excluding hydrogens is 118 g/mol. The van der Waals surface area contributed by atoms with Crippen LogP contribution >= 0.6 is 0 Å². The number of hydrogen-bond acceptors (Lipinski definition) is 1. The Balaban J connectivity index is 0. The Bertz CT molecular complexity index is 81.1. The third kappa shape index (κ3) is 43.6. The molecule has 3 heteroatoms. The Morgan fingerprint density at radius 2 is 2.11 bits per heavy atom. The van der Waals surface area contributed by atoms with Gasteiger partial charge in [0, 0.05) is 0 Å². The van der Waals surface area contributed by atoms with E-state index in [1.807, 2.05) is 5.32 Å². The van der Waals surface area contributed by atoms with Crippen LogP contribution in [0, 0.1) is 0 Å². The highest BCUT2D eigenvalue weighted by Gasteiger charge is 1.80. The fraction of sp³-hybridized carbons (Fsp3) is 0.500. The van der Waals surface area contributed by atoms with Crippen molar-refractivity contribution in [1.29, 1.82) is 0 Å². The molecule has 0 aromatic carbocycles. The topological polar surface area (TPSA) is 49.3 Å². The van der Waals surface area contributed by atoms with Gasteiger partial charge >= 0.3 is 6.09 Å². The molecule has 0 heterocycles. The van der Waals surface area contributed by atoms with Gasteiger partial charge in [-0.2, -0.15) is 0 Å². The highest BCUT2D eigenvalue weighted by Crippen LogP contribution is 1.56. The summed E-state index contributed by atoms with van der Waals surface area (Å²) in [4.78, 5) is 9.42. The van der Waals surface area contributed by atoms with E-state index in [9.17, 15) is 4.79 Å². The number of hydrogen-bond donors (Lipinski definition) is 2. The zero-order valence-corrected chi connectivity index (χ0v) is 5.85. The van der Waals surface area contributed by atoms with E-state index in [-0.39, 0.29) is 0 Å². The minimum absolute atomic E-state index is 1.08. The first-order valence-electron chi connectivity index (χ1n) is 2.79. The highest BCUT2D eigenvalue weighted by atomic mass is 16.4. The summed E-state index contributed by atoms with van der Waals surface area (Å²) in [7, 11) is 0. The first-order chi connectivity index (χ1) is 4.18.